The van der Waals surface area contributed by atoms with E-state index in [1.165, 1.54) is 41.9 Å². The average Bonchev–Trinajstić information content (AvgIpc) is 2.74. The topological polar surface area (TPSA) is 80.9 Å². The molecule has 1 aromatic heterocycles. The average molecular weight is 292 g/mol. The van der Waals surface area contributed by atoms with Crippen molar-refractivity contribution in [3.8, 4) is 11.6 Å². The number of benzene rings is 1. The Morgan fingerprint density at radius 1 is 1.25 bits per heavy atom. The number of aromatic nitrogens is 1. The van der Waals surface area contributed by atoms with E-state index in [0.29, 0.717) is 10.5 Å². The highest BCUT2D eigenvalue weighted by atomic mass is 32.1. The summed E-state index contributed by atoms with van der Waals surface area (Å²) >= 11 is 1.18. The molecule has 20 heavy (non-hydrogen) atoms. The van der Waals surface area contributed by atoms with Crippen LogP contribution in [0.5, 0.6) is 11.6 Å². The van der Waals surface area contributed by atoms with Gasteiger partial charge in [0.25, 0.3) is 0 Å². The van der Waals surface area contributed by atoms with Gasteiger partial charge in [-0.25, -0.2) is 9.56 Å². The molecule has 0 unspecified atom stereocenters. The molecule has 0 bridgehead atoms. The summed E-state index contributed by atoms with van der Waals surface area (Å²) in [5.74, 6) is -0.531. The number of carbonyl (C=O) groups is 2. The maximum absolute atomic E-state index is 11.7. The van der Waals surface area contributed by atoms with Gasteiger partial charge in [-0.05, 0) is 24.3 Å². The first-order valence-electron chi connectivity index (χ1n) is 5.71. The van der Waals surface area contributed by atoms with Crippen molar-refractivity contribution in [2.24, 2.45) is 4.99 Å². The van der Waals surface area contributed by atoms with Gasteiger partial charge in [-0.3, -0.25) is 9.59 Å². The first-order valence-corrected chi connectivity index (χ1v) is 6.59. The van der Waals surface area contributed by atoms with Crippen LogP contribution in [-0.2, 0) is 4.79 Å². The Labute approximate surface area is 118 Å². The van der Waals surface area contributed by atoms with E-state index in [9.17, 15) is 14.7 Å². The minimum atomic E-state index is -0.506. The van der Waals surface area contributed by atoms with Crippen molar-refractivity contribution in [2.45, 2.75) is 13.8 Å². The van der Waals surface area contributed by atoms with Crippen LogP contribution in [0.3, 0.4) is 0 Å². The van der Waals surface area contributed by atoms with Crippen molar-refractivity contribution < 1.29 is 19.4 Å². The third-order valence-electron chi connectivity index (χ3n) is 2.31. The first-order chi connectivity index (χ1) is 9.47. The molecule has 1 heterocycles. The van der Waals surface area contributed by atoms with Crippen LogP contribution in [0.1, 0.15) is 18.6 Å². The lowest BCUT2D eigenvalue weighted by Gasteiger charge is -2.03. The Morgan fingerprint density at radius 2 is 1.90 bits per heavy atom. The molecule has 0 fully saturated rings. The van der Waals surface area contributed by atoms with Crippen LogP contribution in [0.25, 0.3) is 0 Å². The van der Waals surface area contributed by atoms with E-state index in [2.05, 4.69) is 4.99 Å². The molecule has 1 N–H and O–H groups in total. The summed E-state index contributed by atoms with van der Waals surface area (Å²) in [6, 6.07) is 6.23. The Balaban J connectivity index is 2.51. The Hall–Kier alpha value is -2.41. The summed E-state index contributed by atoms with van der Waals surface area (Å²) in [5.41, 5.74) is 0.578. The lowest BCUT2D eigenvalue weighted by Crippen LogP contribution is -2.22. The molecule has 2 aromatic rings. The number of phenols is 1. The highest BCUT2D eigenvalue weighted by Crippen LogP contribution is 2.18. The van der Waals surface area contributed by atoms with Crippen molar-refractivity contribution >= 4 is 28.9 Å². The maximum Gasteiger partial charge on any atom is 0.309 e. The van der Waals surface area contributed by atoms with Gasteiger partial charge in [-0.1, -0.05) is 0 Å². The normalized spacial score (nSPS) is 11.4. The van der Waals surface area contributed by atoms with E-state index in [1.807, 2.05) is 0 Å². The second kappa shape index (κ2) is 5.70. The maximum atomic E-state index is 11.7. The van der Waals surface area contributed by atoms with Crippen LogP contribution in [0.4, 0.5) is 5.69 Å². The number of ether oxygens (including phenoxy) is 1. The molecular formula is C13H12N2O4S. The number of nitrogens with zero attached hydrogens (tertiary/aromatic N) is 2. The van der Waals surface area contributed by atoms with Crippen LogP contribution in [0.2, 0.25) is 0 Å². The van der Waals surface area contributed by atoms with Gasteiger partial charge < -0.3 is 9.84 Å². The second-order valence-electron chi connectivity index (χ2n) is 3.93. The molecule has 0 aliphatic carbocycles. The van der Waals surface area contributed by atoms with Gasteiger partial charge in [0, 0.05) is 13.8 Å². The number of hydrogen-bond donors (Lipinski definition) is 1. The number of hydrogen-bond acceptors (Lipinski definition) is 6. The van der Waals surface area contributed by atoms with Gasteiger partial charge in [0.15, 0.2) is 4.80 Å². The third-order valence-corrected chi connectivity index (χ3v) is 3.12. The molecular weight excluding hydrogens is 280 g/mol. The predicted molar refractivity (Wildman–Crippen MR) is 73.2 cm³/mol. The number of thiazole rings is 1. The molecule has 2 rings (SSSR count). The largest absolute Gasteiger partial charge is 0.508 e. The van der Waals surface area contributed by atoms with E-state index >= 15 is 0 Å². The zero-order valence-electron chi connectivity index (χ0n) is 10.9. The van der Waals surface area contributed by atoms with E-state index < -0.39 is 5.97 Å². The number of esters is 1. The van der Waals surface area contributed by atoms with Crippen LogP contribution < -0.4 is 9.54 Å². The monoisotopic (exact) mass is 292 g/mol. The number of carbonyl (C=O) groups excluding carboxylic acids is 2. The summed E-state index contributed by atoms with van der Waals surface area (Å²) in [6.45, 7) is 2.62. The number of phenolic OH excluding ortho intramolecular Hbond substituents is 1. The molecule has 0 spiro atoms. The summed E-state index contributed by atoms with van der Waals surface area (Å²) in [6.07, 6.45) is 0. The molecule has 0 radical (unpaired) electrons. The molecule has 0 saturated heterocycles. The zero-order valence-corrected chi connectivity index (χ0v) is 11.7. The Kier molecular flexibility index (Phi) is 3.99. The minimum absolute atomic E-state index is 0.134. The SMILES string of the molecule is CC(=O)Oc1csc(=Nc2ccc(O)cc2)n1C(C)=O. The standard InChI is InChI=1S/C13H12N2O4S/c1-8(16)15-12(19-9(2)17)7-20-13(15)14-10-3-5-11(18)6-4-10/h3-7,18H,1-2H3. The van der Waals surface area contributed by atoms with Crippen LogP contribution in [0.15, 0.2) is 34.6 Å². The van der Waals surface area contributed by atoms with Crippen molar-refractivity contribution in [1.82, 2.24) is 4.57 Å². The molecule has 0 atom stereocenters. The van der Waals surface area contributed by atoms with E-state index in [1.54, 1.807) is 17.5 Å². The summed E-state index contributed by atoms with van der Waals surface area (Å²) in [5, 5.41) is 10.8. The Morgan fingerprint density at radius 3 is 2.45 bits per heavy atom. The number of aromatic hydroxyl groups is 1. The fourth-order valence-corrected chi connectivity index (χ4v) is 2.37. The summed E-state index contributed by atoms with van der Waals surface area (Å²) < 4.78 is 6.18. The lowest BCUT2D eigenvalue weighted by molar-refractivity contribution is -0.132. The zero-order chi connectivity index (χ0) is 14.7. The summed E-state index contributed by atoms with van der Waals surface area (Å²) in [4.78, 5) is 27.3. The quantitative estimate of drug-likeness (QED) is 0.859. The first kappa shape index (κ1) is 14.0. The molecule has 0 amide bonds. The van der Waals surface area contributed by atoms with Crippen molar-refractivity contribution in [2.75, 3.05) is 0 Å². The third kappa shape index (κ3) is 3.12. The van der Waals surface area contributed by atoms with Crippen molar-refractivity contribution in [3.63, 3.8) is 0 Å². The predicted octanol–water partition coefficient (Wildman–Crippen LogP) is 2.07. The van der Waals surface area contributed by atoms with Crippen LogP contribution >= 0.6 is 11.3 Å². The van der Waals surface area contributed by atoms with E-state index in [0.717, 1.165) is 0 Å². The van der Waals surface area contributed by atoms with Gasteiger partial charge in [-0.2, -0.15) is 0 Å². The van der Waals surface area contributed by atoms with E-state index in [-0.39, 0.29) is 17.5 Å². The highest BCUT2D eigenvalue weighted by Gasteiger charge is 2.12. The van der Waals surface area contributed by atoms with Gasteiger partial charge in [-0.15, -0.1) is 11.3 Å². The molecule has 0 aliphatic heterocycles. The van der Waals surface area contributed by atoms with Crippen LogP contribution in [-0.4, -0.2) is 21.6 Å². The molecule has 104 valence electrons. The molecule has 7 heteroatoms. The number of rotatable bonds is 2. The van der Waals surface area contributed by atoms with Crippen LogP contribution in [0, 0.1) is 0 Å². The van der Waals surface area contributed by atoms with Gasteiger partial charge >= 0.3 is 5.97 Å². The van der Waals surface area contributed by atoms with Gasteiger partial charge in [0.2, 0.25) is 11.8 Å². The van der Waals surface area contributed by atoms with Gasteiger partial charge in [0.05, 0.1) is 11.1 Å². The molecule has 6 nitrogen and oxygen atoms in total. The molecule has 0 aliphatic rings. The summed E-state index contributed by atoms with van der Waals surface area (Å²) in [7, 11) is 0. The van der Waals surface area contributed by atoms with E-state index in [4.69, 9.17) is 4.74 Å². The fourth-order valence-electron chi connectivity index (χ4n) is 1.52. The smallest absolute Gasteiger partial charge is 0.309 e. The molecule has 1 aromatic carbocycles. The van der Waals surface area contributed by atoms with Crippen molar-refractivity contribution in [1.29, 1.82) is 0 Å². The molecule has 0 saturated carbocycles. The van der Waals surface area contributed by atoms with Gasteiger partial charge in [0.1, 0.15) is 5.75 Å². The lowest BCUT2D eigenvalue weighted by atomic mass is 10.3. The highest BCUT2D eigenvalue weighted by molar-refractivity contribution is 7.07. The second-order valence-corrected chi connectivity index (χ2v) is 4.77. The Bertz CT molecular complexity index is 713. The van der Waals surface area contributed by atoms with Crippen molar-refractivity contribution in [3.05, 3.63) is 34.4 Å². The fraction of sp³-hybridized carbons (Fsp3) is 0.154. The minimum Gasteiger partial charge on any atom is -0.508 e.